The summed E-state index contributed by atoms with van der Waals surface area (Å²) in [6.45, 7) is -1.61. The molecule has 316 valence electrons. The number of nitrogens with one attached hydrogen (secondary N) is 6. The summed E-state index contributed by atoms with van der Waals surface area (Å²) >= 11 is 0. The van der Waals surface area contributed by atoms with E-state index in [4.69, 9.17) is 22.9 Å². The number of hydrogen-bond acceptors (Lipinski definition) is 10. The van der Waals surface area contributed by atoms with Crippen LogP contribution in [0.25, 0.3) is 0 Å². The van der Waals surface area contributed by atoms with Crippen LogP contribution >= 0.6 is 0 Å². The number of hydrogen-bond donors (Lipinski definition) is 11. The first-order chi connectivity index (χ1) is 28.3. The van der Waals surface area contributed by atoms with Gasteiger partial charge in [0.2, 0.25) is 41.4 Å². The van der Waals surface area contributed by atoms with E-state index < -0.39 is 84.7 Å². The first-order valence-electron chi connectivity index (χ1n) is 18.8. The highest BCUT2D eigenvalue weighted by Gasteiger charge is 2.32. The molecule has 0 aliphatic heterocycles. The molecule has 15 N–H and O–H groups in total. The van der Waals surface area contributed by atoms with E-state index in [-0.39, 0.29) is 51.2 Å². The molecule has 59 heavy (non-hydrogen) atoms. The monoisotopic (exact) mass is 815 g/mol. The van der Waals surface area contributed by atoms with E-state index in [0.717, 1.165) is 5.56 Å². The largest absolute Gasteiger partial charge is 0.394 e. The number of aliphatic imine (C=N–C) groups is 1. The van der Waals surface area contributed by atoms with Crippen LogP contribution in [0.5, 0.6) is 0 Å². The maximum atomic E-state index is 14.0. The minimum absolute atomic E-state index is 0.0108. The second kappa shape index (κ2) is 24.7. The van der Waals surface area contributed by atoms with Crippen molar-refractivity contribution in [3.8, 4) is 0 Å². The Balaban J connectivity index is 1.83. The van der Waals surface area contributed by atoms with E-state index in [2.05, 4.69) is 36.9 Å². The molecule has 0 saturated heterocycles. The van der Waals surface area contributed by atoms with E-state index >= 15 is 0 Å². The molecule has 5 atom stereocenters. The molecule has 0 fully saturated rings. The zero-order valence-corrected chi connectivity index (χ0v) is 32.5. The molecule has 0 heterocycles. The van der Waals surface area contributed by atoms with Crippen molar-refractivity contribution in [1.82, 2.24) is 31.9 Å². The number of carbonyl (C=O) groups is 7. The van der Waals surface area contributed by atoms with E-state index in [1.54, 1.807) is 91.0 Å². The molecule has 19 nitrogen and oxygen atoms in total. The van der Waals surface area contributed by atoms with Gasteiger partial charge in [-0.05, 0) is 29.5 Å². The number of carbonyl (C=O) groups excluding carboxylic acids is 7. The molecule has 0 unspecified atom stereocenters. The number of guanidine groups is 1. The van der Waals surface area contributed by atoms with Crippen LogP contribution in [0, 0.1) is 0 Å². The van der Waals surface area contributed by atoms with Crippen molar-refractivity contribution in [1.29, 1.82) is 0 Å². The maximum Gasteiger partial charge on any atom is 0.245 e. The Morgan fingerprint density at radius 1 is 0.542 bits per heavy atom. The minimum Gasteiger partial charge on any atom is -0.394 e. The minimum atomic E-state index is -1.60. The standard InChI is InChI=1S/C40H53N11O8/c41-22-33(53)46-23-34(54)47-30(20-26-13-6-2-7-14-26)37(57)51-32(24-52)39(59)50-31(21-27-15-8-3-9-16-27)38(58)48-28(17-10-18-45-40(43)44)36(56)49-29(35(42)55)19-25-11-4-1-5-12-25/h1-9,11-16,28-32,52H,10,17-24,41H2,(H2,42,55)(H,46,53)(H,47,54)(H,48,58)(H,49,56)(H,50,59)(H,51,57)(H4,43,44,45)/t28-,29+,30-,31-,32-/m0/s1. The van der Waals surface area contributed by atoms with Crippen molar-refractivity contribution < 1.29 is 38.7 Å². The van der Waals surface area contributed by atoms with E-state index in [0.29, 0.717) is 11.1 Å². The Morgan fingerprint density at radius 3 is 1.41 bits per heavy atom. The molecule has 7 amide bonds. The van der Waals surface area contributed by atoms with Gasteiger partial charge in [-0.15, -0.1) is 0 Å². The van der Waals surface area contributed by atoms with Crippen molar-refractivity contribution in [2.75, 3.05) is 26.2 Å². The molecule has 0 radical (unpaired) electrons. The van der Waals surface area contributed by atoms with Gasteiger partial charge >= 0.3 is 0 Å². The first-order valence-corrected chi connectivity index (χ1v) is 18.8. The zero-order chi connectivity index (χ0) is 43.2. The fourth-order valence-electron chi connectivity index (χ4n) is 5.74. The number of nitrogens with two attached hydrogens (primary N) is 4. The average molecular weight is 816 g/mol. The maximum absolute atomic E-state index is 14.0. The van der Waals surface area contributed by atoms with Crippen molar-refractivity contribution in [3.63, 3.8) is 0 Å². The third-order valence-electron chi connectivity index (χ3n) is 8.82. The Morgan fingerprint density at radius 2 is 0.949 bits per heavy atom. The van der Waals surface area contributed by atoms with Gasteiger partial charge in [-0.2, -0.15) is 0 Å². The number of amides is 7. The molecule has 0 aliphatic rings. The Bertz CT molecular complexity index is 1880. The van der Waals surface area contributed by atoms with Crippen LogP contribution in [-0.2, 0) is 52.8 Å². The molecule has 3 aromatic rings. The predicted octanol–water partition coefficient (Wildman–Crippen LogP) is -3.26. The van der Waals surface area contributed by atoms with Crippen molar-refractivity contribution in [3.05, 3.63) is 108 Å². The molecule has 0 aliphatic carbocycles. The van der Waals surface area contributed by atoms with Gasteiger partial charge in [-0.3, -0.25) is 38.6 Å². The lowest BCUT2D eigenvalue weighted by atomic mass is 10.0. The summed E-state index contributed by atoms with van der Waals surface area (Å²) < 4.78 is 0. The van der Waals surface area contributed by atoms with Gasteiger partial charge in [-0.25, -0.2) is 0 Å². The number of aliphatic hydroxyl groups is 1. The first kappa shape index (κ1) is 46.5. The van der Waals surface area contributed by atoms with Crippen LogP contribution in [0.2, 0.25) is 0 Å². The Kier molecular flexibility index (Phi) is 19.5. The number of nitrogens with zero attached hydrogens (tertiary/aromatic N) is 1. The van der Waals surface area contributed by atoms with Crippen molar-refractivity contribution in [2.45, 2.75) is 62.3 Å². The number of primary amides is 1. The van der Waals surface area contributed by atoms with Crippen LogP contribution in [0.1, 0.15) is 29.5 Å². The van der Waals surface area contributed by atoms with E-state index in [1.165, 1.54) is 0 Å². The smallest absolute Gasteiger partial charge is 0.245 e. The van der Waals surface area contributed by atoms with Gasteiger partial charge in [0, 0.05) is 25.8 Å². The summed E-state index contributed by atoms with van der Waals surface area (Å²) in [7, 11) is 0. The van der Waals surface area contributed by atoms with Crippen LogP contribution < -0.4 is 54.8 Å². The second-order valence-corrected chi connectivity index (χ2v) is 13.4. The summed E-state index contributed by atoms with van der Waals surface area (Å²) in [6, 6.07) is 19.6. The molecule has 3 rings (SSSR count). The molecular weight excluding hydrogens is 763 g/mol. The number of aliphatic hydroxyl groups excluding tert-OH is 1. The predicted molar refractivity (Wildman–Crippen MR) is 218 cm³/mol. The number of rotatable bonds is 24. The van der Waals surface area contributed by atoms with Gasteiger partial charge in [0.05, 0.1) is 19.7 Å². The molecule has 0 saturated carbocycles. The van der Waals surface area contributed by atoms with Crippen LogP contribution in [0.3, 0.4) is 0 Å². The average Bonchev–Trinajstić information content (AvgIpc) is 3.22. The second-order valence-electron chi connectivity index (χ2n) is 13.4. The quantitative estimate of drug-likeness (QED) is 0.0242. The molecular formula is C40H53N11O8. The van der Waals surface area contributed by atoms with Gasteiger partial charge in [0.25, 0.3) is 0 Å². The lowest BCUT2D eigenvalue weighted by Gasteiger charge is -2.27. The van der Waals surface area contributed by atoms with Gasteiger partial charge in [0.15, 0.2) is 5.96 Å². The highest BCUT2D eigenvalue weighted by Crippen LogP contribution is 2.09. The third kappa shape index (κ3) is 17.0. The molecule has 3 aromatic carbocycles. The Labute approximate surface area is 341 Å². The summed E-state index contributed by atoms with van der Waals surface area (Å²) in [6.07, 6.45) is 0.225. The fourth-order valence-corrected chi connectivity index (χ4v) is 5.74. The van der Waals surface area contributed by atoms with Crippen molar-refractivity contribution >= 4 is 47.3 Å². The fraction of sp³-hybridized carbons (Fsp3) is 0.350. The lowest BCUT2D eigenvalue weighted by Crippen LogP contribution is -2.60. The number of benzene rings is 3. The third-order valence-corrected chi connectivity index (χ3v) is 8.82. The summed E-state index contributed by atoms with van der Waals surface area (Å²) in [5.41, 5.74) is 23.8. The summed E-state index contributed by atoms with van der Waals surface area (Å²) in [4.78, 5) is 95.7. The molecule has 19 heteroatoms. The van der Waals surface area contributed by atoms with Gasteiger partial charge in [-0.1, -0.05) is 91.0 Å². The van der Waals surface area contributed by atoms with E-state index in [9.17, 15) is 38.7 Å². The van der Waals surface area contributed by atoms with Crippen LogP contribution in [0.15, 0.2) is 96.0 Å². The SMILES string of the molecule is NCC(=O)NCC(=O)N[C@@H](Cc1ccccc1)C(=O)N[C@@H](CO)C(=O)N[C@@H](Cc1ccccc1)C(=O)N[C@@H](CCCN=C(N)N)C(=O)N[C@H](Cc1ccccc1)C(N)=O. The van der Waals surface area contributed by atoms with Gasteiger partial charge < -0.3 is 59.9 Å². The highest BCUT2D eigenvalue weighted by molar-refractivity contribution is 5.97. The van der Waals surface area contributed by atoms with Crippen LogP contribution in [0.4, 0.5) is 0 Å². The van der Waals surface area contributed by atoms with E-state index in [1.807, 2.05) is 0 Å². The summed E-state index contributed by atoms with van der Waals surface area (Å²) in [5, 5.41) is 25.4. The summed E-state index contributed by atoms with van der Waals surface area (Å²) in [5.74, 6) is -5.62. The van der Waals surface area contributed by atoms with Crippen molar-refractivity contribution in [2.24, 2.45) is 27.9 Å². The highest BCUT2D eigenvalue weighted by atomic mass is 16.3. The van der Waals surface area contributed by atoms with Gasteiger partial charge in [0.1, 0.15) is 30.2 Å². The zero-order valence-electron chi connectivity index (χ0n) is 32.5. The normalized spacial score (nSPS) is 13.2. The molecule has 0 spiro atoms. The topological polar surface area (TPSA) is 328 Å². The molecule has 0 aromatic heterocycles. The van der Waals surface area contributed by atoms with Crippen LogP contribution in [-0.4, -0.2) is 109 Å². The molecule has 0 bridgehead atoms. The Hall–Kier alpha value is -6.86. The lowest BCUT2D eigenvalue weighted by molar-refractivity contribution is -0.135.